The third-order valence-corrected chi connectivity index (χ3v) is 8.72. The fourth-order valence-electron chi connectivity index (χ4n) is 5.62. The Kier molecular flexibility index (Phi) is 11.8. The van der Waals surface area contributed by atoms with Crippen LogP contribution in [0.2, 0.25) is 0 Å². The van der Waals surface area contributed by atoms with E-state index in [2.05, 4.69) is 74.2 Å². The highest BCUT2D eigenvalue weighted by atomic mass is 127. The predicted octanol–water partition coefficient (Wildman–Crippen LogP) is 5.05. The second-order valence-electron chi connectivity index (χ2n) is 10.8. The summed E-state index contributed by atoms with van der Waals surface area (Å²) in [5.74, 6) is 0.414. The smallest absolute Gasteiger partial charge is 0.244 e. The fourth-order valence-corrected chi connectivity index (χ4v) is 5.97. The maximum absolute atomic E-state index is 13.8. The predicted molar refractivity (Wildman–Crippen MR) is 167 cm³/mol. The summed E-state index contributed by atoms with van der Waals surface area (Å²) in [5, 5.41) is 6.71. The van der Waals surface area contributed by atoms with E-state index in [1.54, 1.807) is 6.08 Å². The monoisotopic (exact) mass is 642 g/mol. The SMILES string of the molecule is CC[C@H](CN1CC[C@@H](CNC(=O)/C=C/c2ccc(I)cc2)N[C@@H](CCN2CCCCC2)C1=O)c1ccccc1. The zero-order valence-electron chi connectivity index (χ0n) is 23.2. The summed E-state index contributed by atoms with van der Waals surface area (Å²) in [6.45, 7) is 7.34. The van der Waals surface area contributed by atoms with Gasteiger partial charge in [-0.05, 0) is 97.1 Å². The van der Waals surface area contributed by atoms with E-state index >= 15 is 0 Å². The fraction of sp³-hybridized carbons (Fsp3) is 0.500. The van der Waals surface area contributed by atoms with E-state index in [4.69, 9.17) is 0 Å². The summed E-state index contributed by atoms with van der Waals surface area (Å²) in [6.07, 6.45) is 9.85. The lowest BCUT2D eigenvalue weighted by molar-refractivity contribution is -0.133. The van der Waals surface area contributed by atoms with Crippen LogP contribution >= 0.6 is 22.6 Å². The highest BCUT2D eigenvalue weighted by Gasteiger charge is 2.32. The molecule has 7 heteroatoms. The highest BCUT2D eigenvalue weighted by Crippen LogP contribution is 2.23. The van der Waals surface area contributed by atoms with E-state index in [-0.39, 0.29) is 23.9 Å². The minimum atomic E-state index is -0.230. The number of hydrogen-bond donors (Lipinski definition) is 2. The van der Waals surface area contributed by atoms with Gasteiger partial charge in [0.05, 0.1) is 6.04 Å². The van der Waals surface area contributed by atoms with E-state index in [1.807, 2.05) is 36.4 Å². The number of nitrogens with one attached hydrogen (secondary N) is 2. The van der Waals surface area contributed by atoms with E-state index in [0.29, 0.717) is 19.0 Å². The number of amides is 2. The summed E-state index contributed by atoms with van der Waals surface area (Å²) in [4.78, 5) is 31.0. The van der Waals surface area contributed by atoms with Crippen molar-refractivity contribution in [3.05, 3.63) is 75.4 Å². The first-order valence-corrected chi connectivity index (χ1v) is 15.6. The van der Waals surface area contributed by atoms with Crippen LogP contribution < -0.4 is 10.6 Å². The molecule has 0 spiro atoms. The molecule has 2 aromatic rings. The molecule has 2 aromatic carbocycles. The molecule has 3 atom stereocenters. The molecule has 2 heterocycles. The first kappa shape index (κ1) is 29.7. The van der Waals surface area contributed by atoms with Gasteiger partial charge in [0.15, 0.2) is 0 Å². The Bertz CT molecular complexity index is 1070. The summed E-state index contributed by atoms with van der Waals surface area (Å²) >= 11 is 2.27. The number of carbonyl (C=O) groups excluding carboxylic acids is 2. The van der Waals surface area contributed by atoms with E-state index in [0.717, 1.165) is 51.0 Å². The Hall–Kier alpha value is -2.23. The lowest BCUT2D eigenvalue weighted by atomic mass is 9.95. The van der Waals surface area contributed by atoms with Crippen LogP contribution in [-0.4, -0.2) is 73.0 Å². The van der Waals surface area contributed by atoms with Gasteiger partial charge in [0, 0.05) is 47.8 Å². The molecule has 4 rings (SSSR count). The van der Waals surface area contributed by atoms with Gasteiger partial charge in [-0.1, -0.05) is 55.8 Å². The van der Waals surface area contributed by atoms with Gasteiger partial charge in [-0.15, -0.1) is 0 Å². The van der Waals surface area contributed by atoms with Crippen LogP contribution in [0.25, 0.3) is 6.08 Å². The van der Waals surface area contributed by atoms with Crippen molar-refractivity contribution >= 4 is 40.5 Å². The second-order valence-corrected chi connectivity index (χ2v) is 12.1. The van der Waals surface area contributed by atoms with Crippen molar-refractivity contribution in [1.29, 1.82) is 0 Å². The minimum Gasteiger partial charge on any atom is -0.351 e. The van der Waals surface area contributed by atoms with Crippen LogP contribution in [0, 0.1) is 3.57 Å². The number of rotatable bonds is 11. The minimum absolute atomic E-state index is 0.0535. The molecular formula is C32H43IN4O2. The molecule has 0 aromatic heterocycles. The molecule has 210 valence electrons. The maximum atomic E-state index is 13.8. The number of piperidine rings is 1. The van der Waals surface area contributed by atoms with Crippen molar-refractivity contribution in [3.8, 4) is 0 Å². The van der Waals surface area contributed by atoms with E-state index in [1.165, 1.54) is 28.4 Å². The van der Waals surface area contributed by atoms with Gasteiger partial charge >= 0.3 is 0 Å². The van der Waals surface area contributed by atoms with Gasteiger partial charge in [-0.25, -0.2) is 0 Å². The molecule has 6 nitrogen and oxygen atoms in total. The molecule has 0 unspecified atom stereocenters. The van der Waals surface area contributed by atoms with E-state index < -0.39 is 0 Å². The van der Waals surface area contributed by atoms with Gasteiger partial charge in [0.1, 0.15) is 0 Å². The molecule has 2 amide bonds. The average molecular weight is 643 g/mol. The summed E-state index contributed by atoms with van der Waals surface area (Å²) in [6, 6.07) is 18.4. The van der Waals surface area contributed by atoms with Crippen molar-refractivity contribution in [2.75, 3.05) is 39.3 Å². The van der Waals surface area contributed by atoms with Crippen LogP contribution in [0.15, 0.2) is 60.7 Å². The molecular weight excluding hydrogens is 599 g/mol. The van der Waals surface area contributed by atoms with E-state index in [9.17, 15) is 9.59 Å². The second kappa shape index (κ2) is 15.5. The van der Waals surface area contributed by atoms with Gasteiger partial charge in [-0.3, -0.25) is 9.59 Å². The largest absolute Gasteiger partial charge is 0.351 e. The average Bonchev–Trinajstić information content (AvgIpc) is 3.12. The van der Waals surface area contributed by atoms with Crippen molar-refractivity contribution in [3.63, 3.8) is 0 Å². The summed E-state index contributed by atoms with van der Waals surface area (Å²) in [7, 11) is 0. The van der Waals surface area contributed by atoms with Crippen LogP contribution in [0.5, 0.6) is 0 Å². The normalized spacial score (nSPS) is 21.6. The van der Waals surface area contributed by atoms with Crippen LogP contribution in [-0.2, 0) is 9.59 Å². The zero-order valence-corrected chi connectivity index (χ0v) is 25.3. The van der Waals surface area contributed by atoms with Gasteiger partial charge in [0.2, 0.25) is 11.8 Å². The van der Waals surface area contributed by atoms with Crippen molar-refractivity contribution < 1.29 is 9.59 Å². The van der Waals surface area contributed by atoms with Crippen LogP contribution in [0.1, 0.15) is 62.5 Å². The Labute approximate surface area is 247 Å². The van der Waals surface area contributed by atoms with Gasteiger partial charge < -0.3 is 20.4 Å². The molecule has 2 N–H and O–H groups in total. The van der Waals surface area contributed by atoms with Crippen molar-refractivity contribution in [2.24, 2.45) is 0 Å². The van der Waals surface area contributed by atoms with Crippen molar-refractivity contribution in [1.82, 2.24) is 20.4 Å². The quantitative estimate of drug-likeness (QED) is 0.266. The Morgan fingerprint density at radius 1 is 1.08 bits per heavy atom. The van der Waals surface area contributed by atoms with Gasteiger partial charge in [-0.2, -0.15) is 0 Å². The molecule has 2 aliphatic rings. The summed E-state index contributed by atoms with van der Waals surface area (Å²) < 4.78 is 1.17. The first-order valence-electron chi connectivity index (χ1n) is 14.6. The number of likely N-dealkylation sites (tertiary alicyclic amines) is 1. The van der Waals surface area contributed by atoms with Crippen LogP contribution in [0.3, 0.4) is 0 Å². The lowest BCUT2D eigenvalue weighted by Crippen LogP contribution is -2.50. The molecule has 0 aliphatic carbocycles. The van der Waals surface area contributed by atoms with Gasteiger partial charge in [0.25, 0.3) is 0 Å². The lowest BCUT2D eigenvalue weighted by Gasteiger charge is -2.31. The standard InChI is InChI=1S/C32H43IN4O2/c1-2-26(27-9-5-3-6-10-27)24-37-22-17-29(23-34-31(38)16-13-25-11-14-28(33)15-12-25)35-30(32(37)39)18-21-36-19-7-4-8-20-36/h3,5-6,9-16,26,29-30,35H,2,4,7-8,17-24H2,1H3,(H,34,38)/b16-13+/t26-,29+,30+/m1/s1. The number of halogens is 1. The highest BCUT2D eigenvalue weighted by molar-refractivity contribution is 14.1. The molecule has 39 heavy (non-hydrogen) atoms. The van der Waals surface area contributed by atoms with Crippen molar-refractivity contribution in [2.45, 2.75) is 63.5 Å². The Morgan fingerprint density at radius 2 is 1.82 bits per heavy atom. The molecule has 2 fully saturated rings. The molecule has 2 aliphatic heterocycles. The molecule has 0 saturated carbocycles. The number of nitrogens with zero attached hydrogens (tertiary/aromatic N) is 2. The topological polar surface area (TPSA) is 64.7 Å². The molecule has 2 saturated heterocycles. The van der Waals surface area contributed by atoms with Crippen LogP contribution in [0.4, 0.5) is 0 Å². The number of carbonyl (C=O) groups is 2. The Balaban J connectivity index is 1.38. The zero-order chi connectivity index (χ0) is 27.5. The molecule has 0 bridgehead atoms. The third kappa shape index (κ3) is 9.43. The maximum Gasteiger partial charge on any atom is 0.244 e. The molecule has 0 radical (unpaired) electrons. The third-order valence-electron chi connectivity index (χ3n) is 8.00. The Morgan fingerprint density at radius 3 is 2.54 bits per heavy atom. The number of benzene rings is 2. The summed E-state index contributed by atoms with van der Waals surface area (Å²) in [5.41, 5.74) is 2.29. The number of hydrogen-bond acceptors (Lipinski definition) is 4. The first-order chi connectivity index (χ1) is 19.0.